The van der Waals surface area contributed by atoms with Crippen LogP contribution in [-0.2, 0) is 5.72 Å². The summed E-state index contributed by atoms with van der Waals surface area (Å²) >= 11 is 0. The van der Waals surface area contributed by atoms with Crippen molar-refractivity contribution in [3.8, 4) is 5.75 Å². The van der Waals surface area contributed by atoms with Gasteiger partial charge in [0.25, 0.3) is 5.91 Å². The third-order valence-electron chi connectivity index (χ3n) is 3.97. The normalized spacial score (nSPS) is 20.5. The number of hydrogen-bond acceptors (Lipinski definition) is 3. The minimum atomic E-state index is -1.43. The fraction of sp³-hybridized carbons (Fsp3) is 0.235. The molecule has 1 atom stereocenters. The van der Waals surface area contributed by atoms with Crippen LogP contribution < -0.4 is 4.74 Å². The highest BCUT2D eigenvalue weighted by atomic mass is 16.5. The van der Waals surface area contributed by atoms with Gasteiger partial charge in [0.15, 0.2) is 0 Å². The summed E-state index contributed by atoms with van der Waals surface area (Å²) in [5.41, 5.74) is 0.666. The lowest BCUT2D eigenvalue weighted by Crippen LogP contribution is -2.45. The largest absolute Gasteiger partial charge is 0.488 e. The monoisotopic (exact) mass is 283 g/mol. The Morgan fingerprint density at radius 1 is 1.14 bits per heavy atom. The molecule has 4 heteroatoms. The molecule has 0 saturated heterocycles. The molecule has 0 saturated carbocycles. The van der Waals surface area contributed by atoms with Gasteiger partial charge >= 0.3 is 0 Å². The summed E-state index contributed by atoms with van der Waals surface area (Å²) in [6.45, 7) is 1.94. The van der Waals surface area contributed by atoms with Crippen LogP contribution in [0.3, 0.4) is 0 Å². The van der Waals surface area contributed by atoms with Crippen molar-refractivity contribution < 1.29 is 14.6 Å². The highest BCUT2D eigenvalue weighted by molar-refractivity contribution is 5.99. The number of carbonyl (C=O) groups excluding carboxylic acids is 1. The van der Waals surface area contributed by atoms with Crippen molar-refractivity contribution in [2.24, 2.45) is 0 Å². The second-order valence-corrected chi connectivity index (χ2v) is 5.28. The van der Waals surface area contributed by atoms with Gasteiger partial charge in [0.1, 0.15) is 12.4 Å². The molecule has 1 heterocycles. The zero-order chi connectivity index (χ0) is 15.0. The second kappa shape index (κ2) is 4.90. The van der Waals surface area contributed by atoms with E-state index in [2.05, 4.69) is 0 Å². The summed E-state index contributed by atoms with van der Waals surface area (Å²) in [7, 11) is 1.59. The van der Waals surface area contributed by atoms with Crippen LogP contribution in [0, 0.1) is 6.92 Å². The minimum Gasteiger partial charge on any atom is -0.488 e. The van der Waals surface area contributed by atoms with E-state index in [9.17, 15) is 9.90 Å². The Labute approximate surface area is 123 Å². The van der Waals surface area contributed by atoms with Gasteiger partial charge in [-0.1, -0.05) is 36.4 Å². The molecule has 0 fully saturated rings. The number of benzene rings is 2. The van der Waals surface area contributed by atoms with E-state index in [1.165, 1.54) is 4.90 Å². The molecule has 0 spiro atoms. The lowest BCUT2D eigenvalue weighted by molar-refractivity contribution is -0.100. The summed E-state index contributed by atoms with van der Waals surface area (Å²) in [4.78, 5) is 13.5. The molecule has 1 unspecified atom stereocenters. The molecule has 1 aliphatic heterocycles. The van der Waals surface area contributed by atoms with Gasteiger partial charge in [-0.15, -0.1) is 0 Å². The number of rotatable bonds is 3. The molecule has 1 N–H and O–H groups in total. The Balaban J connectivity index is 1.91. The van der Waals surface area contributed by atoms with Crippen LogP contribution in [0.15, 0.2) is 48.5 Å². The molecule has 21 heavy (non-hydrogen) atoms. The Bertz CT molecular complexity index is 698. The van der Waals surface area contributed by atoms with Gasteiger partial charge in [-0.05, 0) is 24.6 Å². The van der Waals surface area contributed by atoms with E-state index in [0.29, 0.717) is 16.9 Å². The van der Waals surface area contributed by atoms with Crippen molar-refractivity contribution in [3.05, 3.63) is 65.2 Å². The Morgan fingerprint density at radius 2 is 1.81 bits per heavy atom. The van der Waals surface area contributed by atoms with E-state index in [4.69, 9.17) is 4.74 Å². The fourth-order valence-electron chi connectivity index (χ4n) is 2.62. The number of ether oxygens (including phenoxy) is 1. The summed E-state index contributed by atoms with van der Waals surface area (Å²) in [6, 6.07) is 14.7. The molecular weight excluding hydrogens is 266 g/mol. The highest BCUT2D eigenvalue weighted by Crippen LogP contribution is 2.36. The third-order valence-corrected chi connectivity index (χ3v) is 3.97. The average Bonchev–Trinajstić information content (AvgIpc) is 2.70. The molecule has 3 rings (SSSR count). The number of aryl methyl sites for hydroxylation is 1. The van der Waals surface area contributed by atoms with Gasteiger partial charge in [0, 0.05) is 18.2 Å². The first kappa shape index (κ1) is 13.6. The number of aliphatic hydroxyl groups is 1. The van der Waals surface area contributed by atoms with Crippen LogP contribution in [0.25, 0.3) is 0 Å². The van der Waals surface area contributed by atoms with E-state index < -0.39 is 5.72 Å². The first-order valence-electron chi connectivity index (χ1n) is 6.82. The molecule has 0 radical (unpaired) electrons. The Kier molecular flexibility index (Phi) is 3.18. The Hall–Kier alpha value is -2.33. The van der Waals surface area contributed by atoms with Crippen molar-refractivity contribution >= 4 is 5.91 Å². The SMILES string of the molecule is Cc1ccccc1OCC1(O)c2ccccc2C(=O)N1C. The van der Waals surface area contributed by atoms with Crippen molar-refractivity contribution in [2.75, 3.05) is 13.7 Å². The van der Waals surface area contributed by atoms with Crippen molar-refractivity contribution in [1.29, 1.82) is 0 Å². The first-order valence-corrected chi connectivity index (χ1v) is 6.82. The molecule has 1 aliphatic rings. The smallest absolute Gasteiger partial charge is 0.256 e. The lowest BCUT2D eigenvalue weighted by Gasteiger charge is -2.31. The molecule has 0 bridgehead atoms. The minimum absolute atomic E-state index is 0.00287. The molecule has 2 aromatic rings. The lowest BCUT2D eigenvalue weighted by atomic mass is 10.0. The molecular formula is C17H17NO3. The number of carbonyl (C=O) groups is 1. The maximum absolute atomic E-state index is 12.2. The predicted molar refractivity (Wildman–Crippen MR) is 79.1 cm³/mol. The van der Waals surface area contributed by atoms with Crippen molar-refractivity contribution in [1.82, 2.24) is 4.90 Å². The topological polar surface area (TPSA) is 49.8 Å². The number of likely N-dealkylation sites (N-methyl/N-ethyl adjacent to an activating group) is 1. The van der Waals surface area contributed by atoms with Gasteiger partial charge in [-0.2, -0.15) is 0 Å². The van der Waals surface area contributed by atoms with E-state index in [-0.39, 0.29) is 12.5 Å². The van der Waals surface area contributed by atoms with Gasteiger partial charge < -0.3 is 14.7 Å². The quantitative estimate of drug-likeness (QED) is 0.940. The number of nitrogens with zero attached hydrogens (tertiary/aromatic N) is 1. The van der Waals surface area contributed by atoms with Crippen LogP contribution >= 0.6 is 0 Å². The van der Waals surface area contributed by atoms with Gasteiger partial charge in [0.05, 0.1) is 0 Å². The van der Waals surface area contributed by atoms with Crippen LogP contribution in [0.2, 0.25) is 0 Å². The number of fused-ring (bicyclic) bond motifs is 1. The number of para-hydroxylation sites is 1. The molecule has 108 valence electrons. The van der Waals surface area contributed by atoms with Gasteiger partial charge in [-0.25, -0.2) is 0 Å². The van der Waals surface area contributed by atoms with Crippen LogP contribution in [0.1, 0.15) is 21.5 Å². The molecule has 2 aromatic carbocycles. The van der Waals surface area contributed by atoms with Crippen LogP contribution in [0.5, 0.6) is 5.75 Å². The van der Waals surface area contributed by atoms with E-state index in [1.807, 2.05) is 37.3 Å². The summed E-state index contributed by atoms with van der Waals surface area (Å²) < 4.78 is 5.76. The highest BCUT2D eigenvalue weighted by Gasteiger charge is 2.47. The van der Waals surface area contributed by atoms with E-state index in [1.54, 1.807) is 25.2 Å². The van der Waals surface area contributed by atoms with E-state index >= 15 is 0 Å². The number of hydrogen-bond donors (Lipinski definition) is 1. The standard InChI is InChI=1S/C17H17NO3/c1-12-7-3-6-10-15(12)21-11-17(20)14-9-5-4-8-13(14)16(19)18(17)2/h3-10,20H,11H2,1-2H3. The third kappa shape index (κ3) is 2.08. The maximum Gasteiger partial charge on any atom is 0.256 e. The molecule has 0 aliphatic carbocycles. The predicted octanol–water partition coefficient (Wildman–Crippen LogP) is 2.30. The van der Waals surface area contributed by atoms with Crippen LogP contribution in [-0.4, -0.2) is 29.6 Å². The van der Waals surface area contributed by atoms with Crippen LogP contribution in [0.4, 0.5) is 0 Å². The Morgan fingerprint density at radius 3 is 2.57 bits per heavy atom. The van der Waals surface area contributed by atoms with Crippen molar-refractivity contribution in [2.45, 2.75) is 12.6 Å². The number of amides is 1. The van der Waals surface area contributed by atoms with E-state index in [0.717, 1.165) is 5.56 Å². The summed E-state index contributed by atoms with van der Waals surface area (Å²) in [6.07, 6.45) is 0. The zero-order valence-corrected chi connectivity index (χ0v) is 12.0. The molecule has 4 nitrogen and oxygen atoms in total. The maximum atomic E-state index is 12.2. The zero-order valence-electron chi connectivity index (χ0n) is 12.0. The summed E-state index contributed by atoms with van der Waals surface area (Å²) in [5.74, 6) is 0.512. The average molecular weight is 283 g/mol. The van der Waals surface area contributed by atoms with Gasteiger partial charge in [0.2, 0.25) is 5.72 Å². The summed E-state index contributed by atoms with van der Waals surface area (Å²) in [5, 5.41) is 10.9. The fourth-order valence-corrected chi connectivity index (χ4v) is 2.62. The second-order valence-electron chi connectivity index (χ2n) is 5.28. The first-order chi connectivity index (χ1) is 10.0. The molecule has 1 amide bonds. The van der Waals surface area contributed by atoms with Gasteiger partial charge in [-0.3, -0.25) is 4.79 Å². The molecule has 0 aromatic heterocycles. The van der Waals surface area contributed by atoms with Crippen molar-refractivity contribution in [3.63, 3.8) is 0 Å².